The van der Waals surface area contributed by atoms with E-state index >= 15 is 0 Å². The number of esters is 2. The Balaban J connectivity index is 0.000000538. The minimum atomic E-state index is -0.205. The average Bonchev–Trinajstić information content (AvgIpc) is 1.27. The zero-order valence-corrected chi connectivity index (χ0v) is 101. The topological polar surface area (TPSA) is 192 Å². The molecule has 4 atom stereocenters. The van der Waals surface area contributed by atoms with E-state index < -0.39 is 0 Å². The number of methoxy groups -OCH3 is 1. The number of hydrogen-bond acceptors (Lipinski definition) is 25. The van der Waals surface area contributed by atoms with Gasteiger partial charge in [-0.2, -0.15) is 0 Å². The van der Waals surface area contributed by atoms with Gasteiger partial charge in [-0.05, 0) is 302 Å². The van der Waals surface area contributed by atoms with E-state index in [4.69, 9.17) is 9.15 Å². The summed E-state index contributed by atoms with van der Waals surface area (Å²) in [5, 5.41) is 12.8. The molecule has 8 saturated heterocycles. The summed E-state index contributed by atoms with van der Waals surface area (Å²) in [7, 11) is 14.0. The number of oxazole rings is 1. The van der Waals surface area contributed by atoms with E-state index in [9.17, 15) is 14.4 Å². The van der Waals surface area contributed by atoms with Crippen LogP contribution >= 0.6 is 0 Å². The molecule has 8 fully saturated rings. The quantitative estimate of drug-likeness (QED) is 0.0581. The molecule has 834 valence electrons. The molecule has 26 nitrogen and oxygen atoms in total. The molecule has 9 heterocycles. The van der Waals surface area contributed by atoms with Gasteiger partial charge in [-0.15, -0.1) is 0 Å². The van der Waals surface area contributed by atoms with Crippen LogP contribution in [-0.2, 0) is 30.4 Å². The smallest absolute Gasteiger partial charge is 0.319 e. The highest BCUT2D eigenvalue weighted by molar-refractivity contribution is 5.77. The van der Waals surface area contributed by atoms with E-state index in [0.717, 1.165) is 130 Å². The molecule has 2 unspecified atom stereocenters. The number of hydrogen-bond donors (Lipinski definition) is 4. The summed E-state index contributed by atoms with van der Waals surface area (Å²) in [4.78, 5) is 74.0. The number of carbonyl (C=O) groups is 3. The molecule has 0 spiro atoms. The highest BCUT2D eigenvalue weighted by Crippen LogP contribution is 2.31. The van der Waals surface area contributed by atoms with Gasteiger partial charge in [0.25, 0.3) is 0 Å². The first kappa shape index (κ1) is 134. The summed E-state index contributed by atoms with van der Waals surface area (Å²) >= 11 is 0. The fourth-order valence-electron chi connectivity index (χ4n) is 18.4. The maximum absolute atomic E-state index is 11.2. The summed E-state index contributed by atoms with van der Waals surface area (Å²) in [5.74, 6) is 0.704. The lowest BCUT2D eigenvalue weighted by atomic mass is 9.92. The first-order valence-electron chi connectivity index (χ1n) is 55.2. The lowest BCUT2D eigenvalue weighted by Crippen LogP contribution is -2.63. The zero-order valence-electron chi connectivity index (χ0n) is 101. The predicted molar refractivity (Wildman–Crippen MR) is 610 cm³/mol. The standard InChI is InChI=1S/2C14H23N.C13H24N2O2.C12H21N3O.C12H27N3.C11H23N3O.2C11H24N2.C10H22N2.C9H19NO2/c2*1-12(13-8-6-5-7-9-13)15-11-10-14(2,3)4;1-13(2,3)15-8-6-14(7-9-15)10-11-4-5-12(16)17-11;1-12(2,3)15-7-5-14(6-8-15)10-11-13-4-9-16-11;1-12(2,3)15-10-8-14(9-11-15)7-6-13(4)5;1-11(2,3)14-7-5-13(6-8-14)9-10(15)12-4;1-10(2,3)13-8-7-12(6)11(4,5)9-13;1-10(2,3)13-8-7-12(6)9-11(13,4)5;1-9-8-12(10(2,3)4)7-6-11(9)5;1-9(2,3)5-6-10-7-8(11)12-4/h2*5-9,12,15H,10-11H2,1-4H3;11H,4-10H2,1-3H3;4,9H,5-8,10H2,1-3H3;6-11H2,1-5H3;5-9H2,1-4H3,(H,12,15);2*7-9H2,1-6H3;9H,6-8H2,1-5H3;10H,5-7H2,1-4H3/t2*12-;;;;;;;;/m10......../s1. The van der Waals surface area contributed by atoms with Gasteiger partial charge in [-0.3, -0.25) is 73.2 Å². The van der Waals surface area contributed by atoms with E-state index in [0.29, 0.717) is 87.1 Å². The van der Waals surface area contributed by atoms with E-state index in [1.807, 2.05) is 0 Å². The Hall–Kier alpha value is -4.66. The van der Waals surface area contributed by atoms with E-state index in [-0.39, 0.29) is 40.6 Å². The van der Waals surface area contributed by atoms with Gasteiger partial charge < -0.3 is 49.9 Å². The molecule has 0 aliphatic carbocycles. The van der Waals surface area contributed by atoms with Crippen molar-refractivity contribution in [2.75, 3.05) is 265 Å². The highest BCUT2D eigenvalue weighted by Gasteiger charge is 2.40. The van der Waals surface area contributed by atoms with Crippen LogP contribution in [0.5, 0.6) is 0 Å². The largest absolute Gasteiger partial charge is 0.468 e. The number of piperazine rings is 7. The second kappa shape index (κ2) is 63.0. The molecule has 4 N–H and O–H groups in total. The highest BCUT2D eigenvalue weighted by atomic mass is 16.6. The van der Waals surface area contributed by atoms with Crippen LogP contribution in [0.25, 0.3) is 0 Å². The van der Waals surface area contributed by atoms with Crippen molar-refractivity contribution >= 4 is 17.8 Å². The van der Waals surface area contributed by atoms with Gasteiger partial charge >= 0.3 is 11.9 Å². The Labute approximate surface area is 881 Å². The minimum Gasteiger partial charge on any atom is -0.468 e. The number of aromatic nitrogens is 1. The maximum Gasteiger partial charge on any atom is 0.319 e. The lowest BCUT2D eigenvalue weighted by molar-refractivity contribution is -0.142. The van der Waals surface area contributed by atoms with Crippen molar-refractivity contribution in [3.63, 3.8) is 0 Å². The van der Waals surface area contributed by atoms with Gasteiger partial charge in [-0.1, -0.05) is 123 Å². The maximum atomic E-state index is 11.2. The minimum absolute atomic E-state index is 0.0247. The van der Waals surface area contributed by atoms with Crippen LogP contribution in [0, 0.1) is 16.2 Å². The second-order valence-corrected chi connectivity index (χ2v) is 53.9. The molecule has 3 aromatic rings. The normalized spacial score (nSPS) is 21.1. The van der Waals surface area contributed by atoms with Crippen LogP contribution in [0.4, 0.5) is 0 Å². The van der Waals surface area contributed by atoms with Crippen molar-refractivity contribution in [3.8, 4) is 0 Å². The number of ether oxygens (including phenoxy) is 2. The van der Waals surface area contributed by atoms with Crippen molar-refractivity contribution in [3.05, 3.63) is 90.1 Å². The molecule has 11 rings (SSSR count). The molecular weight excluding hydrogens is 1780 g/mol. The summed E-state index contributed by atoms with van der Waals surface area (Å²) in [6.07, 6.45) is 8.48. The first-order valence-corrected chi connectivity index (χ1v) is 55.2. The van der Waals surface area contributed by atoms with Crippen LogP contribution in [-0.4, -0.2) is 424 Å². The third-order valence-electron chi connectivity index (χ3n) is 28.9. The monoisotopic (exact) mass is 2010 g/mol. The summed E-state index contributed by atoms with van der Waals surface area (Å²) in [6.45, 7) is 121. The van der Waals surface area contributed by atoms with Gasteiger partial charge in [0, 0.05) is 265 Å². The Kier molecular flexibility index (Phi) is 59.2. The van der Waals surface area contributed by atoms with Gasteiger partial charge in [-0.25, -0.2) is 4.98 Å². The molecule has 0 radical (unpaired) electrons. The number of amides is 1. The number of cyclic esters (lactones) is 1. The SMILES string of the molecule is CC(C)(C)N1CCN(CC2CCC(=O)O2)CC1.CC(C)(C)N1CCN(Cc2ncco2)CC1.CC1CN(C(C)(C)C)CCN1C.CN(C)CCN1CCN(C(C)(C)C)CC1.CN1CCN(C(C)(C)C)C(C)(C)C1.CN1CCN(C(C)(C)C)CC1(C)C.CNC(=O)CN1CCN(C(C)(C)C)CC1.COC(=O)CNCCC(C)(C)C.C[C@@H](NCCC(C)(C)C)c1ccccc1.C[C@H](NCCC(C)(C)C)c1ccccc1. The summed E-state index contributed by atoms with van der Waals surface area (Å²) in [6, 6.07) is 22.8. The number of nitrogens with zero attached hydrogens (tertiary/aromatic N) is 16. The van der Waals surface area contributed by atoms with Crippen molar-refractivity contribution in [1.29, 1.82) is 0 Å². The van der Waals surface area contributed by atoms with Crippen LogP contribution < -0.4 is 21.3 Å². The van der Waals surface area contributed by atoms with Crippen LogP contribution in [0.15, 0.2) is 77.5 Å². The molecular formula is C117H230N20O6. The molecule has 26 heteroatoms. The fraction of sp³-hybridized carbons (Fsp3) is 0.846. The Morgan fingerprint density at radius 3 is 1.23 bits per heavy atom. The van der Waals surface area contributed by atoms with Crippen LogP contribution in [0.2, 0.25) is 0 Å². The molecule has 1 aromatic heterocycles. The van der Waals surface area contributed by atoms with Crippen LogP contribution in [0.3, 0.4) is 0 Å². The number of carbonyl (C=O) groups excluding carboxylic acids is 3. The van der Waals surface area contributed by atoms with Crippen LogP contribution in [0.1, 0.15) is 317 Å². The van der Waals surface area contributed by atoms with Gasteiger partial charge in [0.1, 0.15) is 12.4 Å². The molecule has 8 aliphatic heterocycles. The van der Waals surface area contributed by atoms with Gasteiger partial charge in [0.15, 0.2) is 0 Å². The third kappa shape index (κ3) is 59.7. The average molecular weight is 2010 g/mol. The van der Waals surface area contributed by atoms with Gasteiger partial charge in [0.2, 0.25) is 11.8 Å². The lowest BCUT2D eigenvalue weighted by Gasteiger charge is -2.52. The number of rotatable bonds is 21. The second-order valence-electron chi connectivity index (χ2n) is 53.9. The van der Waals surface area contributed by atoms with Crippen molar-refractivity contribution in [2.24, 2.45) is 16.2 Å². The molecule has 143 heavy (non-hydrogen) atoms. The van der Waals surface area contributed by atoms with E-state index in [2.05, 4.69) is 457 Å². The van der Waals surface area contributed by atoms with Crippen molar-refractivity contribution in [2.45, 2.75) is 369 Å². The van der Waals surface area contributed by atoms with E-state index in [1.165, 1.54) is 129 Å². The van der Waals surface area contributed by atoms with E-state index in [1.54, 1.807) is 19.5 Å². The Bertz CT molecular complexity index is 3730. The fourth-order valence-corrected chi connectivity index (χ4v) is 18.4. The zero-order chi connectivity index (χ0) is 109. The number of benzene rings is 2. The van der Waals surface area contributed by atoms with Crippen molar-refractivity contribution in [1.82, 2.24) is 99.7 Å². The molecule has 8 aliphatic rings. The Morgan fingerprint density at radius 1 is 0.483 bits per heavy atom. The molecule has 0 bridgehead atoms. The third-order valence-corrected chi connectivity index (χ3v) is 28.9. The molecule has 0 saturated carbocycles. The summed E-state index contributed by atoms with van der Waals surface area (Å²) < 4.78 is 15.0. The molecule has 2 aromatic carbocycles. The Morgan fingerprint density at radius 2 is 0.881 bits per heavy atom. The predicted octanol–water partition coefficient (Wildman–Crippen LogP) is 17.6. The molecule has 1 amide bonds. The number of nitrogens with one attached hydrogen (secondary N) is 4. The number of likely N-dealkylation sites (N-methyl/N-ethyl adjacent to an activating group) is 5. The van der Waals surface area contributed by atoms with Gasteiger partial charge in [0.05, 0.1) is 32.9 Å². The summed E-state index contributed by atoms with van der Waals surface area (Å²) in [5.41, 5.74) is 6.64. The first-order chi connectivity index (χ1) is 65.6. The van der Waals surface area contributed by atoms with Crippen molar-refractivity contribution < 1.29 is 28.3 Å².